The lowest BCUT2D eigenvalue weighted by Crippen LogP contribution is -2.15. The quantitative estimate of drug-likeness (QED) is 0.344. The van der Waals surface area contributed by atoms with Crippen LogP contribution in [0.25, 0.3) is 16.8 Å². The molecular formula is C25H17N3O5. The second-order valence-corrected chi connectivity index (χ2v) is 7.00. The molecule has 0 aliphatic rings. The van der Waals surface area contributed by atoms with Crippen molar-refractivity contribution in [1.82, 2.24) is 9.38 Å². The Kier molecular flexibility index (Phi) is 5.70. The molecule has 8 heteroatoms. The van der Waals surface area contributed by atoms with Gasteiger partial charge in [-0.1, -0.05) is 42.5 Å². The van der Waals surface area contributed by atoms with Gasteiger partial charge in [0.05, 0.1) is 37.1 Å². The van der Waals surface area contributed by atoms with Gasteiger partial charge >= 0.3 is 11.9 Å². The number of nitrogens with zero attached hydrogens (tertiary/aromatic N) is 3. The second-order valence-electron chi connectivity index (χ2n) is 7.00. The number of carbonyl (C=O) groups excluding carboxylic acids is 3. The number of nitriles is 1. The van der Waals surface area contributed by atoms with Crippen molar-refractivity contribution < 1.29 is 23.9 Å². The number of ketones is 1. The molecule has 0 fully saturated rings. The largest absolute Gasteiger partial charge is 0.465 e. The van der Waals surface area contributed by atoms with E-state index in [0.29, 0.717) is 22.4 Å². The number of fused-ring (bicyclic) bond motifs is 1. The van der Waals surface area contributed by atoms with E-state index in [4.69, 9.17) is 14.7 Å². The molecule has 0 bridgehead atoms. The highest BCUT2D eigenvalue weighted by Crippen LogP contribution is 2.30. The Hall–Kier alpha value is -4.77. The monoisotopic (exact) mass is 439 g/mol. The number of esters is 2. The summed E-state index contributed by atoms with van der Waals surface area (Å²) in [6.07, 6.45) is 1.37. The minimum absolute atomic E-state index is 0.0534. The van der Waals surface area contributed by atoms with Gasteiger partial charge in [0.15, 0.2) is 0 Å². The fourth-order valence-electron chi connectivity index (χ4n) is 3.59. The second kappa shape index (κ2) is 8.77. The molecule has 0 radical (unpaired) electrons. The highest BCUT2D eigenvalue weighted by atomic mass is 16.5. The average Bonchev–Trinajstić information content (AvgIpc) is 3.22. The maximum Gasteiger partial charge on any atom is 0.341 e. The van der Waals surface area contributed by atoms with E-state index in [-0.39, 0.29) is 22.3 Å². The summed E-state index contributed by atoms with van der Waals surface area (Å²) in [6, 6.07) is 18.7. The third kappa shape index (κ3) is 3.72. The fraction of sp³-hybridized carbons (Fsp3) is 0.0800. The van der Waals surface area contributed by atoms with E-state index >= 15 is 0 Å². The molecule has 2 heterocycles. The van der Waals surface area contributed by atoms with E-state index in [1.54, 1.807) is 60.7 Å². The molecule has 8 nitrogen and oxygen atoms in total. The molecule has 2 aromatic carbocycles. The Bertz CT molecular complexity index is 1430. The summed E-state index contributed by atoms with van der Waals surface area (Å²) in [6.45, 7) is 0. The van der Waals surface area contributed by atoms with Crippen molar-refractivity contribution in [2.45, 2.75) is 0 Å². The Morgan fingerprint density at radius 3 is 2.15 bits per heavy atom. The molecule has 0 aliphatic heterocycles. The molecule has 0 spiro atoms. The molecule has 4 rings (SSSR count). The lowest BCUT2D eigenvalue weighted by atomic mass is 10.0. The molecule has 4 aromatic rings. The number of methoxy groups -OCH3 is 2. The third-order valence-corrected chi connectivity index (χ3v) is 5.17. The van der Waals surface area contributed by atoms with E-state index in [1.165, 1.54) is 24.9 Å². The normalized spacial score (nSPS) is 10.5. The predicted molar refractivity (Wildman–Crippen MR) is 118 cm³/mol. The molecule has 0 unspecified atom stereocenters. The number of carbonyl (C=O) groups is 3. The van der Waals surface area contributed by atoms with E-state index in [1.807, 2.05) is 0 Å². The van der Waals surface area contributed by atoms with Crippen LogP contribution in [0.4, 0.5) is 0 Å². The van der Waals surface area contributed by atoms with Gasteiger partial charge in [0.2, 0.25) is 5.78 Å². The number of aromatic nitrogens is 2. The summed E-state index contributed by atoms with van der Waals surface area (Å²) in [4.78, 5) is 43.4. The van der Waals surface area contributed by atoms with Crippen molar-refractivity contribution in [3.63, 3.8) is 0 Å². The van der Waals surface area contributed by atoms with Gasteiger partial charge in [-0.3, -0.25) is 9.20 Å². The van der Waals surface area contributed by atoms with Gasteiger partial charge in [-0.05, 0) is 18.2 Å². The lowest BCUT2D eigenvalue weighted by Gasteiger charge is -2.06. The van der Waals surface area contributed by atoms with E-state index in [9.17, 15) is 14.4 Å². The molecular weight excluding hydrogens is 422 g/mol. The predicted octanol–water partition coefficient (Wildman–Crippen LogP) is 3.68. The Labute approximate surface area is 188 Å². The number of hydrogen-bond acceptors (Lipinski definition) is 7. The van der Waals surface area contributed by atoms with Gasteiger partial charge in [-0.25, -0.2) is 14.6 Å². The molecule has 0 saturated carbocycles. The van der Waals surface area contributed by atoms with Crippen molar-refractivity contribution >= 4 is 23.2 Å². The zero-order valence-corrected chi connectivity index (χ0v) is 17.7. The molecule has 0 atom stereocenters. The Balaban J connectivity index is 2.03. The van der Waals surface area contributed by atoms with Crippen LogP contribution in [0.15, 0.2) is 67.0 Å². The smallest absolute Gasteiger partial charge is 0.341 e. The van der Waals surface area contributed by atoms with Crippen molar-refractivity contribution in [3.05, 3.63) is 94.9 Å². The van der Waals surface area contributed by atoms with Crippen LogP contribution in [0.2, 0.25) is 0 Å². The molecule has 0 N–H and O–H groups in total. The van der Waals surface area contributed by atoms with Gasteiger partial charge < -0.3 is 9.47 Å². The van der Waals surface area contributed by atoms with Gasteiger partial charge in [0, 0.05) is 11.1 Å². The number of ether oxygens (including phenoxy) is 2. The lowest BCUT2D eigenvalue weighted by molar-refractivity contribution is 0.0556. The zero-order valence-electron chi connectivity index (χ0n) is 17.7. The molecule has 0 aliphatic carbocycles. The highest BCUT2D eigenvalue weighted by Gasteiger charge is 2.33. The third-order valence-electron chi connectivity index (χ3n) is 5.17. The minimum atomic E-state index is -0.849. The van der Waals surface area contributed by atoms with Crippen molar-refractivity contribution in [1.29, 1.82) is 5.26 Å². The minimum Gasteiger partial charge on any atom is -0.465 e. The summed E-state index contributed by atoms with van der Waals surface area (Å²) in [7, 11) is 2.36. The van der Waals surface area contributed by atoms with Crippen LogP contribution in [-0.2, 0) is 9.47 Å². The van der Waals surface area contributed by atoms with Crippen molar-refractivity contribution in [3.8, 4) is 17.3 Å². The molecule has 0 amide bonds. The maximum absolute atomic E-state index is 13.4. The summed E-state index contributed by atoms with van der Waals surface area (Å²) < 4.78 is 11.2. The number of hydrogen-bond donors (Lipinski definition) is 0. The Morgan fingerprint density at radius 1 is 0.909 bits per heavy atom. The highest BCUT2D eigenvalue weighted by molar-refractivity contribution is 6.19. The summed E-state index contributed by atoms with van der Waals surface area (Å²) >= 11 is 0. The first-order valence-electron chi connectivity index (χ1n) is 9.81. The first kappa shape index (κ1) is 21.5. The summed E-state index contributed by atoms with van der Waals surface area (Å²) in [5.41, 5.74) is 1.89. The van der Waals surface area contributed by atoms with Gasteiger partial charge in [0.25, 0.3) is 0 Å². The maximum atomic E-state index is 13.4. The topological polar surface area (TPSA) is 111 Å². The van der Waals surface area contributed by atoms with Crippen molar-refractivity contribution in [2.24, 2.45) is 0 Å². The van der Waals surface area contributed by atoms with E-state index in [0.717, 1.165) is 0 Å². The molecule has 2 aromatic heterocycles. The first-order valence-corrected chi connectivity index (χ1v) is 9.81. The van der Waals surface area contributed by atoms with Gasteiger partial charge in [0.1, 0.15) is 23.1 Å². The van der Waals surface area contributed by atoms with Crippen LogP contribution >= 0.6 is 0 Å². The Morgan fingerprint density at radius 2 is 1.55 bits per heavy atom. The molecule has 162 valence electrons. The van der Waals surface area contributed by atoms with E-state index < -0.39 is 17.7 Å². The first-order chi connectivity index (χ1) is 16.0. The van der Waals surface area contributed by atoms with Crippen LogP contribution in [0.3, 0.4) is 0 Å². The molecule has 0 saturated heterocycles. The SMILES string of the molecule is COC(=O)c1c(C(=O)OC)c2cc(-c3ccc(C#N)cc3)ncn2c1C(=O)c1ccccc1. The van der Waals surface area contributed by atoms with Crippen LogP contribution in [0.1, 0.15) is 42.3 Å². The van der Waals surface area contributed by atoms with Crippen LogP contribution in [0.5, 0.6) is 0 Å². The average molecular weight is 439 g/mol. The van der Waals surface area contributed by atoms with Gasteiger partial charge in [-0.2, -0.15) is 5.26 Å². The van der Waals surface area contributed by atoms with Crippen LogP contribution < -0.4 is 0 Å². The van der Waals surface area contributed by atoms with Crippen molar-refractivity contribution in [2.75, 3.05) is 14.2 Å². The zero-order chi connectivity index (χ0) is 23.5. The molecule has 33 heavy (non-hydrogen) atoms. The number of benzene rings is 2. The summed E-state index contributed by atoms with van der Waals surface area (Å²) in [5.74, 6) is -2.12. The van der Waals surface area contributed by atoms with Crippen LogP contribution in [0, 0.1) is 11.3 Å². The van der Waals surface area contributed by atoms with Crippen LogP contribution in [-0.4, -0.2) is 41.3 Å². The standard InChI is InChI=1S/C25H17N3O5/c1-32-24(30)20-19-12-18(16-10-8-15(13-26)9-11-16)27-14-28(19)22(21(20)25(31)33-2)23(29)17-6-4-3-5-7-17/h3-12,14H,1-2H3. The fourth-order valence-corrected chi connectivity index (χ4v) is 3.59. The number of rotatable bonds is 5. The summed E-state index contributed by atoms with van der Waals surface area (Å²) in [5, 5.41) is 9.02. The van der Waals surface area contributed by atoms with E-state index in [2.05, 4.69) is 11.1 Å². The van der Waals surface area contributed by atoms with Gasteiger partial charge in [-0.15, -0.1) is 0 Å².